The quantitative estimate of drug-likeness (QED) is 0.0306. The monoisotopic (exact) mass is 1090 g/mol. The van der Waals surface area contributed by atoms with Crippen molar-refractivity contribution in [3.05, 3.63) is 212 Å². The molecule has 18 nitrogen and oxygen atoms in total. The van der Waals surface area contributed by atoms with Gasteiger partial charge in [-0.25, -0.2) is 15.1 Å². The van der Waals surface area contributed by atoms with E-state index in [-0.39, 0.29) is 19.8 Å². The first-order valence-electron chi connectivity index (χ1n) is 26.3. The summed E-state index contributed by atoms with van der Waals surface area (Å²) in [5, 5.41) is 4.59. The third-order valence-electron chi connectivity index (χ3n) is 15.1. The Bertz CT molecular complexity index is 3200. The van der Waals surface area contributed by atoms with Gasteiger partial charge in [-0.1, -0.05) is 136 Å². The Kier molecular flexibility index (Phi) is 17.6. The molecule has 2 aliphatic heterocycles. The van der Waals surface area contributed by atoms with E-state index < -0.39 is 84.8 Å². The van der Waals surface area contributed by atoms with E-state index >= 15 is 0 Å². The Morgan fingerprint density at radius 3 is 1.70 bits per heavy atom. The second-order valence-electron chi connectivity index (χ2n) is 20.6. The van der Waals surface area contributed by atoms with E-state index in [1.54, 1.807) is 54.7 Å². The summed E-state index contributed by atoms with van der Waals surface area (Å²) in [6.45, 7) is 8.20. The fraction of sp³-hybridized carbons (Fsp3) is 0.367. The number of methoxy groups -OCH3 is 4. The number of anilines is 1. The number of nitrogens with one attached hydrogen (secondary N) is 3. The Morgan fingerprint density at radius 1 is 0.646 bits per heavy atom. The third kappa shape index (κ3) is 11.3. The SMILES string of the molecule is CNc1ccn([C@@H]2O[C@H](CONC[C@H]3[C@@H](OC)[C@H](n4cc(C)c(=O)[nH]c4=O)O[C@@H]3COC(c3ccccc3)(c3ccc(OC)cc3)c3ccc(OC)cc3)[C@@H](O[Si](c3ccccc3)(c3ccccc3)C(C)(C)C)[C@H]2OC)c(=O)n1. The molecule has 9 rings (SSSR count). The lowest BCUT2D eigenvalue weighted by Gasteiger charge is -2.45. The van der Waals surface area contributed by atoms with Crippen LogP contribution in [0.4, 0.5) is 5.82 Å². The van der Waals surface area contributed by atoms with Gasteiger partial charge in [0.1, 0.15) is 47.3 Å². The van der Waals surface area contributed by atoms with Crippen LogP contribution in [0.2, 0.25) is 5.04 Å². The van der Waals surface area contributed by atoms with Gasteiger partial charge in [0.25, 0.3) is 13.9 Å². The molecule has 8 atom stereocenters. The van der Waals surface area contributed by atoms with Crippen molar-refractivity contribution < 1.29 is 42.4 Å². The summed E-state index contributed by atoms with van der Waals surface area (Å²) >= 11 is 0. The molecule has 2 aliphatic rings. The van der Waals surface area contributed by atoms with Crippen molar-refractivity contribution in [1.82, 2.24) is 24.6 Å². The average molecular weight is 1100 g/mol. The van der Waals surface area contributed by atoms with Crippen LogP contribution in [-0.4, -0.2) is 113 Å². The molecule has 0 spiro atoms. The van der Waals surface area contributed by atoms with Crippen molar-refractivity contribution in [3.8, 4) is 11.5 Å². The highest BCUT2D eigenvalue weighted by atomic mass is 28.4. The van der Waals surface area contributed by atoms with Crippen molar-refractivity contribution in [2.45, 2.75) is 81.3 Å². The highest BCUT2D eigenvalue weighted by molar-refractivity contribution is 6.99. The van der Waals surface area contributed by atoms with Gasteiger partial charge in [0.15, 0.2) is 12.5 Å². The molecule has 2 saturated heterocycles. The summed E-state index contributed by atoms with van der Waals surface area (Å²) in [4.78, 5) is 53.3. The molecule has 4 heterocycles. The van der Waals surface area contributed by atoms with Crippen molar-refractivity contribution in [3.63, 3.8) is 0 Å². The summed E-state index contributed by atoms with van der Waals surface area (Å²) < 4.78 is 55.5. The smallest absolute Gasteiger partial charge is 0.351 e. The molecule has 0 amide bonds. The minimum Gasteiger partial charge on any atom is -0.497 e. The summed E-state index contributed by atoms with van der Waals surface area (Å²) in [6, 6.07) is 47.6. The van der Waals surface area contributed by atoms with Crippen LogP contribution >= 0.6 is 0 Å². The van der Waals surface area contributed by atoms with E-state index in [2.05, 4.69) is 65.8 Å². The molecule has 0 aliphatic carbocycles. The number of hydrogen-bond donors (Lipinski definition) is 3. The lowest BCUT2D eigenvalue weighted by atomic mass is 9.80. The summed E-state index contributed by atoms with van der Waals surface area (Å²) in [5.74, 6) is 1.19. The largest absolute Gasteiger partial charge is 0.497 e. The number of H-pyrrole nitrogens is 1. The molecule has 7 aromatic rings. The van der Waals surface area contributed by atoms with Gasteiger partial charge in [-0.2, -0.15) is 4.98 Å². The molecule has 2 fully saturated rings. The van der Waals surface area contributed by atoms with E-state index in [1.165, 1.54) is 15.3 Å². The molecule has 19 heteroatoms. The fourth-order valence-electron chi connectivity index (χ4n) is 11.2. The summed E-state index contributed by atoms with van der Waals surface area (Å²) in [6.07, 6.45) is -2.81. The molecule has 0 saturated carbocycles. The predicted octanol–water partition coefficient (Wildman–Crippen LogP) is 6.08. The number of nitrogens with zero attached hydrogens (tertiary/aromatic N) is 3. The average Bonchev–Trinajstić information content (AvgIpc) is 4.13. The molecule has 79 heavy (non-hydrogen) atoms. The zero-order valence-electron chi connectivity index (χ0n) is 46.0. The molecule has 5 aromatic carbocycles. The van der Waals surface area contributed by atoms with Crippen LogP contribution in [0, 0.1) is 12.8 Å². The molecule has 3 N–H and O–H groups in total. The van der Waals surface area contributed by atoms with Crippen LogP contribution < -0.4 is 47.6 Å². The second-order valence-corrected chi connectivity index (χ2v) is 24.9. The van der Waals surface area contributed by atoms with E-state index in [4.69, 9.17) is 42.4 Å². The standard InChI is InChI=1S/C60H70N6O12Si/c1-39-36-66(58(69)64-54(39)67)55-51(72-8)47(48(76-55)37-74-60(40-19-13-10-14-20-40,41-25-29-43(70-6)30-26-41)42-27-31-44(71-7)32-28-42)35-62-75-38-49-52(53(73-9)56(77-49)65-34-33-50(61-5)63-57(65)68)78-79(59(2,3)4,45-21-15-11-16-22-45)46-23-17-12-18-24-46/h10-34,36,47-49,51-53,55-56,62H,35,37-38H2,1-9H3,(H,61,63,68)(H,64,67,69)/t47-,48-,49-,51-,52-,53-,55-,56-/m1/s1. The van der Waals surface area contributed by atoms with Crippen LogP contribution in [0.25, 0.3) is 0 Å². The highest BCUT2D eigenvalue weighted by Gasteiger charge is 2.57. The molecule has 0 unspecified atom stereocenters. The van der Waals surface area contributed by atoms with Gasteiger partial charge in [0, 0.05) is 51.7 Å². The minimum absolute atomic E-state index is 0.0286. The van der Waals surface area contributed by atoms with Crippen LogP contribution in [-0.2, 0) is 38.5 Å². The number of aromatic amines is 1. The molecule has 416 valence electrons. The topological polar surface area (TPSA) is 197 Å². The van der Waals surface area contributed by atoms with E-state index in [1.807, 2.05) is 115 Å². The zero-order chi connectivity index (χ0) is 55.9. The van der Waals surface area contributed by atoms with Crippen molar-refractivity contribution in [2.24, 2.45) is 5.92 Å². The maximum atomic E-state index is 13.8. The Hall–Kier alpha value is -7.04. The lowest BCUT2D eigenvalue weighted by molar-refractivity contribution is -0.0992. The minimum atomic E-state index is -3.28. The van der Waals surface area contributed by atoms with Gasteiger partial charge in [-0.15, -0.1) is 0 Å². The van der Waals surface area contributed by atoms with E-state index in [9.17, 15) is 14.4 Å². The Labute approximate surface area is 460 Å². The van der Waals surface area contributed by atoms with Gasteiger partial charge in [-0.05, 0) is 69.4 Å². The van der Waals surface area contributed by atoms with Gasteiger partial charge in [-0.3, -0.25) is 23.8 Å². The maximum Gasteiger partial charge on any atom is 0.351 e. The van der Waals surface area contributed by atoms with Crippen LogP contribution in [0.15, 0.2) is 172 Å². The first-order valence-corrected chi connectivity index (χ1v) is 28.2. The number of aromatic nitrogens is 4. The number of rotatable bonds is 22. The third-order valence-corrected chi connectivity index (χ3v) is 20.2. The Morgan fingerprint density at radius 2 is 1.18 bits per heavy atom. The lowest BCUT2D eigenvalue weighted by Crippen LogP contribution is -2.69. The van der Waals surface area contributed by atoms with Crippen molar-refractivity contribution in [2.75, 3.05) is 60.6 Å². The Balaban J connectivity index is 1.07. The normalized spacial score (nSPS) is 21.5. The van der Waals surface area contributed by atoms with Gasteiger partial charge in [0.05, 0.1) is 33.5 Å². The number of aryl methyl sites for hydroxylation is 1. The second kappa shape index (κ2) is 24.5. The van der Waals surface area contributed by atoms with Gasteiger partial charge in [0.2, 0.25) is 0 Å². The first kappa shape index (κ1) is 56.7. The number of hydroxylamine groups is 1. The fourth-order valence-corrected chi connectivity index (χ4v) is 15.9. The van der Waals surface area contributed by atoms with E-state index in [0.29, 0.717) is 22.9 Å². The zero-order valence-corrected chi connectivity index (χ0v) is 47.0. The summed E-state index contributed by atoms with van der Waals surface area (Å²) in [5.41, 5.74) is 3.06. The highest BCUT2D eigenvalue weighted by Crippen LogP contribution is 2.45. The number of hydrogen-bond acceptors (Lipinski definition) is 15. The van der Waals surface area contributed by atoms with Gasteiger partial charge >= 0.3 is 11.4 Å². The predicted molar refractivity (Wildman–Crippen MR) is 302 cm³/mol. The van der Waals surface area contributed by atoms with Crippen molar-refractivity contribution in [1.29, 1.82) is 0 Å². The number of benzene rings is 5. The number of ether oxygens (including phenoxy) is 7. The van der Waals surface area contributed by atoms with Crippen LogP contribution in [0.5, 0.6) is 11.5 Å². The summed E-state index contributed by atoms with van der Waals surface area (Å²) in [7, 11) is 4.78. The van der Waals surface area contributed by atoms with Crippen LogP contribution in [0.1, 0.15) is 55.5 Å². The molecular weight excluding hydrogens is 1020 g/mol. The molecule has 0 bridgehead atoms. The van der Waals surface area contributed by atoms with Gasteiger partial charge < -0.3 is 42.9 Å². The van der Waals surface area contributed by atoms with Crippen LogP contribution in [0.3, 0.4) is 0 Å². The van der Waals surface area contributed by atoms with E-state index in [0.717, 1.165) is 27.1 Å². The molecular formula is C60H70N6O12Si. The first-order chi connectivity index (χ1) is 38.2. The van der Waals surface area contributed by atoms with Crippen molar-refractivity contribution >= 4 is 24.5 Å². The molecule has 0 radical (unpaired) electrons. The molecule has 2 aromatic heterocycles. The maximum absolute atomic E-state index is 13.8.